The zero-order chi connectivity index (χ0) is 30.5. The summed E-state index contributed by atoms with van der Waals surface area (Å²) in [4.78, 5) is 51.8. The first-order valence-electron chi connectivity index (χ1n) is 12.4. The van der Waals surface area contributed by atoms with Crippen LogP contribution in [0.4, 0.5) is 11.4 Å². The predicted octanol–water partition coefficient (Wildman–Crippen LogP) is 6.14. The summed E-state index contributed by atoms with van der Waals surface area (Å²) in [6.07, 6.45) is 3.84. The van der Waals surface area contributed by atoms with Crippen LogP contribution < -0.4 is 10.3 Å². The number of nitro groups is 2. The summed E-state index contributed by atoms with van der Waals surface area (Å²) >= 11 is 3.38. The van der Waals surface area contributed by atoms with Crippen molar-refractivity contribution < 1.29 is 19.4 Å². The molecule has 4 aromatic carbocycles. The number of rotatable bonds is 8. The van der Waals surface area contributed by atoms with E-state index < -0.39 is 21.4 Å². The van der Waals surface area contributed by atoms with E-state index in [1.165, 1.54) is 60.8 Å². The summed E-state index contributed by atoms with van der Waals surface area (Å²) in [5.41, 5.74) is 0.878. The molecule has 0 spiro atoms. The van der Waals surface area contributed by atoms with Gasteiger partial charge in [0.1, 0.15) is 5.75 Å². The SMILES string of the molecule is O=C(/C=C/c1cccc([N+](=O)[O-])c1)Oc1ccc(Br)cc1C=Nn1c(-c2ccc([N+](=O)[O-])cc2)nc2ccccc2c1=O. The minimum Gasteiger partial charge on any atom is -0.423 e. The number of benzene rings is 4. The third kappa shape index (κ3) is 6.57. The minimum absolute atomic E-state index is 0.117. The van der Waals surface area contributed by atoms with Gasteiger partial charge in [-0.15, -0.1) is 0 Å². The minimum atomic E-state index is -0.750. The summed E-state index contributed by atoms with van der Waals surface area (Å²) in [5.74, 6) is -0.484. The maximum atomic E-state index is 13.5. The van der Waals surface area contributed by atoms with Crippen LogP contribution >= 0.6 is 15.9 Å². The molecule has 13 heteroatoms. The van der Waals surface area contributed by atoms with Crippen molar-refractivity contribution in [1.82, 2.24) is 9.66 Å². The Bertz CT molecular complexity index is 2020. The second-order valence-electron chi connectivity index (χ2n) is 8.91. The molecule has 5 rings (SSSR count). The van der Waals surface area contributed by atoms with Crippen molar-refractivity contribution in [2.75, 3.05) is 0 Å². The fourth-order valence-corrected chi connectivity index (χ4v) is 4.41. The smallest absolute Gasteiger partial charge is 0.336 e. The Labute approximate surface area is 250 Å². The van der Waals surface area contributed by atoms with Gasteiger partial charge in [-0.1, -0.05) is 40.2 Å². The van der Waals surface area contributed by atoms with Crippen molar-refractivity contribution in [2.24, 2.45) is 5.10 Å². The second-order valence-corrected chi connectivity index (χ2v) is 9.82. The van der Waals surface area contributed by atoms with E-state index in [-0.39, 0.29) is 22.9 Å². The number of carbonyl (C=O) groups is 1. The van der Waals surface area contributed by atoms with Crippen molar-refractivity contribution >= 4 is 56.5 Å². The number of hydrogen-bond donors (Lipinski definition) is 0. The first-order chi connectivity index (χ1) is 20.7. The monoisotopic (exact) mass is 639 g/mol. The molecule has 5 aromatic rings. The lowest BCUT2D eigenvalue weighted by Gasteiger charge is -2.10. The van der Waals surface area contributed by atoms with Crippen molar-refractivity contribution in [1.29, 1.82) is 0 Å². The highest BCUT2D eigenvalue weighted by Gasteiger charge is 2.15. The summed E-state index contributed by atoms with van der Waals surface area (Å²) in [7, 11) is 0. The Hall–Kier alpha value is -5.82. The molecule has 0 N–H and O–H groups in total. The van der Waals surface area contributed by atoms with Gasteiger partial charge < -0.3 is 4.74 Å². The molecule has 0 unspecified atom stereocenters. The average Bonchev–Trinajstić information content (AvgIpc) is 3.01. The highest BCUT2D eigenvalue weighted by Crippen LogP contribution is 2.25. The third-order valence-corrected chi connectivity index (χ3v) is 6.57. The van der Waals surface area contributed by atoms with Crippen LogP contribution in [0, 0.1) is 20.2 Å². The van der Waals surface area contributed by atoms with E-state index in [0.717, 1.165) is 10.8 Å². The number of ether oxygens (including phenoxy) is 1. The number of esters is 1. The number of aromatic nitrogens is 2. The molecule has 12 nitrogen and oxygen atoms in total. The number of non-ortho nitro benzene ring substituents is 2. The van der Waals surface area contributed by atoms with Gasteiger partial charge in [0, 0.05) is 45.9 Å². The Balaban J connectivity index is 1.50. The van der Waals surface area contributed by atoms with Crippen LogP contribution in [0.3, 0.4) is 0 Å². The van der Waals surface area contributed by atoms with Crippen molar-refractivity contribution in [3.63, 3.8) is 0 Å². The molecule has 0 fully saturated rings. The third-order valence-electron chi connectivity index (χ3n) is 6.08. The van der Waals surface area contributed by atoms with Crippen LogP contribution in [0.5, 0.6) is 5.75 Å². The number of fused-ring (bicyclic) bond motifs is 1. The van der Waals surface area contributed by atoms with E-state index in [1.54, 1.807) is 42.5 Å². The van der Waals surface area contributed by atoms with Gasteiger partial charge in [0.05, 0.1) is 27.0 Å². The lowest BCUT2D eigenvalue weighted by molar-refractivity contribution is -0.385. The van der Waals surface area contributed by atoms with Crippen LogP contribution in [-0.2, 0) is 4.79 Å². The number of nitrogens with zero attached hydrogens (tertiary/aromatic N) is 5. The normalized spacial score (nSPS) is 11.3. The van der Waals surface area contributed by atoms with Gasteiger partial charge in [-0.25, -0.2) is 9.78 Å². The van der Waals surface area contributed by atoms with Gasteiger partial charge in [0.15, 0.2) is 5.82 Å². The Kier molecular flexibility index (Phi) is 8.25. The molecule has 0 aliphatic heterocycles. The van der Waals surface area contributed by atoms with Gasteiger partial charge in [-0.05, 0) is 54.1 Å². The van der Waals surface area contributed by atoms with Crippen LogP contribution in [-0.4, -0.2) is 31.7 Å². The first-order valence-corrected chi connectivity index (χ1v) is 13.2. The molecular formula is C30H18BrN5O7. The fourth-order valence-electron chi connectivity index (χ4n) is 4.03. The Morgan fingerprint density at radius 1 is 0.907 bits per heavy atom. The molecule has 0 bridgehead atoms. The summed E-state index contributed by atoms with van der Waals surface area (Å²) in [5, 5.41) is 26.8. The van der Waals surface area contributed by atoms with Crippen LogP contribution in [0.1, 0.15) is 11.1 Å². The Morgan fingerprint density at radius 3 is 2.40 bits per heavy atom. The lowest BCUT2D eigenvalue weighted by atomic mass is 10.1. The molecule has 0 atom stereocenters. The van der Waals surface area contributed by atoms with Crippen LogP contribution in [0.25, 0.3) is 28.4 Å². The van der Waals surface area contributed by atoms with E-state index in [2.05, 4.69) is 26.0 Å². The highest BCUT2D eigenvalue weighted by atomic mass is 79.9. The van der Waals surface area contributed by atoms with E-state index in [0.29, 0.717) is 32.1 Å². The molecular weight excluding hydrogens is 622 g/mol. The highest BCUT2D eigenvalue weighted by molar-refractivity contribution is 9.10. The molecule has 43 heavy (non-hydrogen) atoms. The largest absolute Gasteiger partial charge is 0.423 e. The van der Waals surface area contributed by atoms with Gasteiger partial charge in [0.25, 0.3) is 16.9 Å². The quantitative estimate of drug-likeness (QED) is 0.0488. The van der Waals surface area contributed by atoms with Gasteiger partial charge in [-0.3, -0.25) is 25.0 Å². The maximum absolute atomic E-state index is 13.5. The fraction of sp³-hybridized carbons (Fsp3) is 0. The number of halogens is 1. The molecule has 1 aromatic heterocycles. The number of hydrogen-bond acceptors (Lipinski definition) is 9. The molecule has 0 aliphatic rings. The molecule has 0 saturated carbocycles. The molecule has 212 valence electrons. The summed E-state index contributed by atoms with van der Waals surface area (Å²) < 4.78 is 7.21. The lowest BCUT2D eigenvalue weighted by Crippen LogP contribution is -2.20. The number of carbonyl (C=O) groups excluding carboxylic acids is 1. The standard InChI is InChI=1S/C30H18BrN5O7/c31-22-11-14-27(43-28(37)15-8-19-4-3-5-24(16-19)36(41)42)21(17-22)18-32-34-29(20-9-12-23(13-10-20)35(39)40)33-26-7-2-1-6-25(26)30(34)38/h1-18H/b15-8+,32-18?. The number of nitro benzene ring substituents is 2. The second kappa shape index (κ2) is 12.4. The summed E-state index contributed by atoms with van der Waals surface area (Å²) in [6, 6.07) is 22.8. The molecule has 0 radical (unpaired) electrons. The van der Waals surface area contributed by atoms with E-state index in [9.17, 15) is 29.8 Å². The average molecular weight is 640 g/mol. The van der Waals surface area contributed by atoms with E-state index >= 15 is 0 Å². The molecule has 0 aliphatic carbocycles. The molecule has 0 saturated heterocycles. The van der Waals surface area contributed by atoms with Gasteiger partial charge in [-0.2, -0.15) is 9.78 Å². The number of para-hydroxylation sites is 1. The summed E-state index contributed by atoms with van der Waals surface area (Å²) in [6.45, 7) is 0. The molecule has 0 amide bonds. The van der Waals surface area contributed by atoms with Crippen molar-refractivity contribution in [3.05, 3.63) is 143 Å². The van der Waals surface area contributed by atoms with Crippen molar-refractivity contribution in [3.8, 4) is 17.1 Å². The maximum Gasteiger partial charge on any atom is 0.336 e. The van der Waals surface area contributed by atoms with E-state index in [1.807, 2.05) is 0 Å². The van der Waals surface area contributed by atoms with E-state index in [4.69, 9.17) is 4.74 Å². The van der Waals surface area contributed by atoms with Gasteiger partial charge >= 0.3 is 5.97 Å². The molecule has 1 heterocycles. The van der Waals surface area contributed by atoms with Crippen LogP contribution in [0.2, 0.25) is 0 Å². The van der Waals surface area contributed by atoms with Crippen molar-refractivity contribution in [2.45, 2.75) is 0 Å². The first kappa shape index (κ1) is 28.7. The van der Waals surface area contributed by atoms with Gasteiger partial charge in [0.2, 0.25) is 0 Å². The predicted molar refractivity (Wildman–Crippen MR) is 163 cm³/mol. The Morgan fingerprint density at radius 2 is 1.65 bits per heavy atom. The topological polar surface area (TPSA) is 160 Å². The zero-order valence-electron chi connectivity index (χ0n) is 21.9. The van der Waals surface area contributed by atoms with Crippen LogP contribution in [0.15, 0.2) is 111 Å². The zero-order valence-corrected chi connectivity index (χ0v) is 23.5.